The summed E-state index contributed by atoms with van der Waals surface area (Å²) in [4.78, 5) is 1.33. The minimum atomic E-state index is 0.183. The first kappa shape index (κ1) is 15.6. The molecule has 0 fully saturated rings. The number of hydrogen-bond acceptors (Lipinski definition) is 2. The van der Waals surface area contributed by atoms with E-state index in [-0.39, 0.29) is 6.04 Å². The van der Waals surface area contributed by atoms with Gasteiger partial charge in [-0.05, 0) is 49.6 Å². The van der Waals surface area contributed by atoms with Gasteiger partial charge >= 0.3 is 0 Å². The lowest BCUT2D eigenvalue weighted by molar-refractivity contribution is 0.729. The molecule has 1 nitrogen and oxygen atoms in total. The van der Waals surface area contributed by atoms with Gasteiger partial charge in [-0.25, -0.2) is 0 Å². The second kappa shape index (κ2) is 7.30. The molecule has 0 bridgehead atoms. The molecule has 1 atom stereocenters. The molecular formula is C17H20BrNS. The highest BCUT2D eigenvalue weighted by atomic mass is 79.9. The van der Waals surface area contributed by atoms with Gasteiger partial charge in [0.05, 0.1) is 0 Å². The van der Waals surface area contributed by atoms with Crippen molar-refractivity contribution in [2.75, 3.05) is 0 Å². The van der Waals surface area contributed by atoms with Gasteiger partial charge in [0.15, 0.2) is 0 Å². The molecule has 0 amide bonds. The summed E-state index contributed by atoms with van der Waals surface area (Å²) in [6.07, 6.45) is 0.912. The molecule has 0 aromatic heterocycles. The number of halogens is 1. The maximum absolute atomic E-state index is 5.95. The van der Waals surface area contributed by atoms with Gasteiger partial charge in [0, 0.05) is 21.2 Å². The van der Waals surface area contributed by atoms with E-state index in [9.17, 15) is 0 Å². The van der Waals surface area contributed by atoms with Gasteiger partial charge in [0.1, 0.15) is 0 Å². The molecule has 0 saturated heterocycles. The maximum Gasteiger partial charge on any atom is 0.0232 e. The van der Waals surface area contributed by atoms with Crippen LogP contribution in [0.4, 0.5) is 0 Å². The zero-order chi connectivity index (χ0) is 14.5. The van der Waals surface area contributed by atoms with Crippen LogP contribution in [0.3, 0.4) is 0 Å². The minimum Gasteiger partial charge on any atom is -0.328 e. The molecule has 0 aliphatic heterocycles. The lowest BCUT2D eigenvalue weighted by atomic mass is 10.1. The molecule has 106 valence electrons. The van der Waals surface area contributed by atoms with E-state index in [0.717, 1.165) is 16.6 Å². The predicted octanol–water partition coefficient (Wildman–Crippen LogP) is 4.94. The molecule has 0 aliphatic carbocycles. The van der Waals surface area contributed by atoms with Crippen LogP contribution < -0.4 is 5.73 Å². The second-order valence-electron chi connectivity index (χ2n) is 5.21. The van der Waals surface area contributed by atoms with Crippen molar-refractivity contribution in [2.24, 2.45) is 5.73 Å². The highest BCUT2D eigenvalue weighted by Gasteiger charge is 2.07. The Balaban J connectivity index is 2.12. The third-order valence-electron chi connectivity index (χ3n) is 3.04. The first-order valence-corrected chi connectivity index (χ1v) is 8.55. The topological polar surface area (TPSA) is 26.0 Å². The standard InChI is InChI=1S/C17H20BrNS/c1-12-4-3-5-14(8-12)11-20-17-7-6-16(18)10-15(17)9-13(2)19/h3-8,10,13H,9,11,19H2,1-2H3. The summed E-state index contributed by atoms with van der Waals surface area (Å²) in [6, 6.07) is 15.3. The quantitative estimate of drug-likeness (QED) is 0.773. The molecule has 2 rings (SSSR count). The van der Waals surface area contributed by atoms with Gasteiger partial charge in [0.25, 0.3) is 0 Å². The van der Waals surface area contributed by atoms with Crippen molar-refractivity contribution in [3.8, 4) is 0 Å². The Hall–Kier alpha value is -0.770. The number of benzene rings is 2. The van der Waals surface area contributed by atoms with Gasteiger partial charge in [-0.3, -0.25) is 0 Å². The lowest BCUT2D eigenvalue weighted by Crippen LogP contribution is -2.18. The van der Waals surface area contributed by atoms with Crippen LogP contribution in [0.1, 0.15) is 23.6 Å². The summed E-state index contributed by atoms with van der Waals surface area (Å²) in [5.74, 6) is 0.995. The summed E-state index contributed by atoms with van der Waals surface area (Å²) in [5.41, 5.74) is 9.95. The van der Waals surface area contributed by atoms with Crippen LogP contribution in [0.15, 0.2) is 51.8 Å². The fourth-order valence-electron chi connectivity index (χ4n) is 2.16. The van der Waals surface area contributed by atoms with Crippen molar-refractivity contribution < 1.29 is 0 Å². The Labute approximate surface area is 134 Å². The molecule has 0 aliphatic rings. The normalized spacial score (nSPS) is 12.4. The smallest absolute Gasteiger partial charge is 0.0232 e. The van der Waals surface area contributed by atoms with E-state index < -0.39 is 0 Å². The molecule has 1 unspecified atom stereocenters. The van der Waals surface area contributed by atoms with E-state index >= 15 is 0 Å². The van der Waals surface area contributed by atoms with Gasteiger partial charge < -0.3 is 5.73 Å². The monoisotopic (exact) mass is 349 g/mol. The largest absolute Gasteiger partial charge is 0.328 e. The number of thioether (sulfide) groups is 1. The van der Waals surface area contributed by atoms with Crippen LogP contribution in [-0.2, 0) is 12.2 Å². The fraction of sp³-hybridized carbons (Fsp3) is 0.294. The lowest BCUT2D eigenvalue weighted by Gasteiger charge is -2.12. The van der Waals surface area contributed by atoms with Crippen LogP contribution in [0.5, 0.6) is 0 Å². The fourth-order valence-corrected chi connectivity index (χ4v) is 3.56. The zero-order valence-corrected chi connectivity index (χ0v) is 14.3. The molecule has 0 radical (unpaired) electrons. The molecule has 2 N–H and O–H groups in total. The number of aryl methyl sites for hydroxylation is 1. The number of rotatable bonds is 5. The Morgan fingerprint density at radius 3 is 2.70 bits per heavy atom. The van der Waals surface area contributed by atoms with Crippen molar-refractivity contribution in [3.63, 3.8) is 0 Å². The molecule has 0 spiro atoms. The highest BCUT2D eigenvalue weighted by Crippen LogP contribution is 2.29. The first-order chi connectivity index (χ1) is 9.54. The van der Waals surface area contributed by atoms with Crippen molar-refractivity contribution in [2.45, 2.75) is 37.0 Å². The third kappa shape index (κ3) is 4.65. The van der Waals surface area contributed by atoms with Crippen LogP contribution in [-0.4, -0.2) is 6.04 Å². The summed E-state index contributed by atoms with van der Waals surface area (Å²) >= 11 is 5.42. The van der Waals surface area contributed by atoms with E-state index in [1.54, 1.807) is 0 Å². The van der Waals surface area contributed by atoms with E-state index in [2.05, 4.69) is 72.2 Å². The van der Waals surface area contributed by atoms with Crippen molar-refractivity contribution >= 4 is 27.7 Å². The van der Waals surface area contributed by atoms with Gasteiger partial charge in [0.2, 0.25) is 0 Å². The molecule has 0 saturated carbocycles. The average Bonchev–Trinajstić information content (AvgIpc) is 2.37. The maximum atomic E-state index is 5.95. The molecule has 20 heavy (non-hydrogen) atoms. The van der Waals surface area contributed by atoms with Crippen molar-refractivity contribution in [1.29, 1.82) is 0 Å². The summed E-state index contributed by atoms with van der Waals surface area (Å²) in [7, 11) is 0. The average molecular weight is 350 g/mol. The Kier molecular flexibility index (Phi) is 5.70. The Bertz CT molecular complexity index is 581. The molecule has 0 heterocycles. The van der Waals surface area contributed by atoms with E-state index in [1.165, 1.54) is 21.6 Å². The first-order valence-electron chi connectivity index (χ1n) is 6.77. The SMILES string of the molecule is Cc1cccc(CSc2ccc(Br)cc2CC(C)N)c1. The summed E-state index contributed by atoms with van der Waals surface area (Å²) < 4.78 is 1.12. The molecular weight excluding hydrogens is 330 g/mol. The Morgan fingerprint density at radius 1 is 1.20 bits per heavy atom. The van der Waals surface area contributed by atoms with Crippen molar-refractivity contribution in [1.82, 2.24) is 0 Å². The highest BCUT2D eigenvalue weighted by molar-refractivity contribution is 9.10. The Morgan fingerprint density at radius 2 is 2.00 bits per heavy atom. The van der Waals surface area contributed by atoms with E-state index in [1.807, 2.05) is 11.8 Å². The molecule has 2 aromatic rings. The third-order valence-corrected chi connectivity index (χ3v) is 4.72. The zero-order valence-electron chi connectivity index (χ0n) is 11.9. The molecule has 2 aromatic carbocycles. The van der Waals surface area contributed by atoms with Crippen LogP contribution in [0, 0.1) is 6.92 Å². The number of hydrogen-bond donors (Lipinski definition) is 1. The van der Waals surface area contributed by atoms with E-state index in [4.69, 9.17) is 5.73 Å². The van der Waals surface area contributed by atoms with Gasteiger partial charge in [-0.15, -0.1) is 11.8 Å². The minimum absolute atomic E-state index is 0.183. The van der Waals surface area contributed by atoms with Gasteiger partial charge in [-0.1, -0.05) is 45.8 Å². The number of nitrogens with two attached hydrogens (primary N) is 1. The second-order valence-corrected chi connectivity index (χ2v) is 7.14. The van der Waals surface area contributed by atoms with Crippen LogP contribution >= 0.6 is 27.7 Å². The molecule has 3 heteroatoms. The van der Waals surface area contributed by atoms with Crippen molar-refractivity contribution in [3.05, 3.63) is 63.6 Å². The summed E-state index contributed by atoms with van der Waals surface area (Å²) in [6.45, 7) is 4.19. The van der Waals surface area contributed by atoms with Crippen LogP contribution in [0.2, 0.25) is 0 Å². The predicted molar refractivity (Wildman–Crippen MR) is 92.2 cm³/mol. The van der Waals surface area contributed by atoms with Crippen LogP contribution in [0.25, 0.3) is 0 Å². The summed E-state index contributed by atoms with van der Waals surface area (Å²) in [5, 5.41) is 0. The van der Waals surface area contributed by atoms with E-state index in [0.29, 0.717) is 0 Å². The van der Waals surface area contributed by atoms with Gasteiger partial charge in [-0.2, -0.15) is 0 Å².